The number of carbonyl (C=O) groups excluding carboxylic acids is 2. The first-order chi connectivity index (χ1) is 11.6. The van der Waals surface area contributed by atoms with E-state index in [1.54, 1.807) is 23.7 Å². The van der Waals surface area contributed by atoms with Gasteiger partial charge in [-0.1, -0.05) is 12.1 Å². The van der Waals surface area contributed by atoms with Crippen LogP contribution >= 0.6 is 11.3 Å². The van der Waals surface area contributed by atoms with E-state index < -0.39 is 17.9 Å². The molecule has 1 aromatic heterocycles. The maximum Gasteiger partial charge on any atom is 0.315 e. The zero-order valence-corrected chi connectivity index (χ0v) is 13.7. The molecule has 0 saturated carbocycles. The second-order valence-corrected chi connectivity index (χ2v) is 6.16. The van der Waals surface area contributed by atoms with Crippen LogP contribution in [0.1, 0.15) is 18.5 Å². The van der Waals surface area contributed by atoms with Crippen LogP contribution in [0.25, 0.3) is 0 Å². The van der Waals surface area contributed by atoms with Gasteiger partial charge < -0.3 is 15.5 Å². The summed E-state index contributed by atoms with van der Waals surface area (Å²) in [5, 5.41) is 7.17. The van der Waals surface area contributed by atoms with Gasteiger partial charge in [0.05, 0.1) is 23.4 Å². The lowest BCUT2D eigenvalue weighted by molar-refractivity contribution is -0.121. The minimum Gasteiger partial charge on any atom is -0.332 e. The van der Waals surface area contributed by atoms with Crippen molar-refractivity contribution in [2.75, 3.05) is 11.4 Å². The summed E-state index contributed by atoms with van der Waals surface area (Å²) in [6.07, 6.45) is 1.23. The molecule has 0 radical (unpaired) electrons. The molecule has 0 aliphatic carbocycles. The molecule has 0 bridgehead atoms. The third-order valence-electron chi connectivity index (χ3n) is 3.80. The summed E-state index contributed by atoms with van der Waals surface area (Å²) in [6.45, 7) is 0.742. The number of anilines is 1. The van der Waals surface area contributed by atoms with E-state index in [-0.39, 0.29) is 11.6 Å². The zero-order chi connectivity index (χ0) is 16.9. The fourth-order valence-corrected chi connectivity index (χ4v) is 3.18. The second kappa shape index (κ2) is 7.39. The van der Waals surface area contributed by atoms with Crippen LogP contribution in [0.15, 0.2) is 35.2 Å². The van der Waals surface area contributed by atoms with Gasteiger partial charge in [0.2, 0.25) is 5.91 Å². The Morgan fingerprint density at radius 2 is 2.25 bits per heavy atom. The molecule has 1 unspecified atom stereocenters. The molecule has 1 saturated heterocycles. The van der Waals surface area contributed by atoms with E-state index in [4.69, 9.17) is 0 Å². The lowest BCUT2D eigenvalue weighted by atomic mass is 10.0. The lowest BCUT2D eigenvalue weighted by Gasteiger charge is -2.32. The van der Waals surface area contributed by atoms with E-state index in [1.165, 1.54) is 22.3 Å². The van der Waals surface area contributed by atoms with Crippen molar-refractivity contribution < 1.29 is 14.0 Å². The normalized spacial score (nSPS) is 17.6. The van der Waals surface area contributed by atoms with Crippen LogP contribution < -0.4 is 15.5 Å². The van der Waals surface area contributed by atoms with Gasteiger partial charge in [0.15, 0.2) is 0 Å². The average molecular weight is 348 g/mol. The summed E-state index contributed by atoms with van der Waals surface area (Å²) in [4.78, 5) is 30.0. The Hall–Kier alpha value is -2.48. The number of nitrogens with one attached hydrogen (secondary N) is 2. The SMILES string of the molecule is O=C(NCc1cscn1)NC1CCCN(c2ccccc2F)C1=O. The number of carbonyl (C=O) groups is 2. The van der Waals surface area contributed by atoms with Gasteiger partial charge in [0.25, 0.3) is 0 Å². The Kier molecular flexibility index (Phi) is 5.05. The minimum atomic E-state index is -0.659. The Bertz CT molecular complexity index is 723. The van der Waals surface area contributed by atoms with E-state index in [9.17, 15) is 14.0 Å². The molecular formula is C16H17FN4O2S. The Balaban J connectivity index is 1.60. The van der Waals surface area contributed by atoms with Crippen molar-refractivity contribution in [3.63, 3.8) is 0 Å². The van der Waals surface area contributed by atoms with Crippen molar-refractivity contribution in [3.8, 4) is 0 Å². The highest BCUT2D eigenvalue weighted by atomic mass is 32.1. The predicted molar refractivity (Wildman–Crippen MR) is 89.3 cm³/mol. The molecule has 2 heterocycles. The van der Waals surface area contributed by atoms with Gasteiger partial charge in [0, 0.05) is 11.9 Å². The number of benzene rings is 1. The molecule has 1 fully saturated rings. The van der Waals surface area contributed by atoms with Gasteiger partial charge in [-0.25, -0.2) is 14.2 Å². The summed E-state index contributed by atoms with van der Waals surface area (Å²) in [5.41, 5.74) is 2.70. The Labute approximate surface area is 142 Å². The largest absolute Gasteiger partial charge is 0.332 e. The van der Waals surface area contributed by atoms with Crippen LogP contribution in [0.3, 0.4) is 0 Å². The maximum absolute atomic E-state index is 13.9. The van der Waals surface area contributed by atoms with Gasteiger partial charge in [-0.3, -0.25) is 4.79 Å². The Morgan fingerprint density at radius 3 is 3.00 bits per heavy atom. The predicted octanol–water partition coefficient (Wildman–Crippen LogP) is 2.28. The summed E-state index contributed by atoms with van der Waals surface area (Å²) >= 11 is 1.45. The van der Waals surface area contributed by atoms with E-state index in [1.807, 2.05) is 5.38 Å². The van der Waals surface area contributed by atoms with Crippen LogP contribution in [0.4, 0.5) is 14.9 Å². The topological polar surface area (TPSA) is 74.3 Å². The second-order valence-electron chi connectivity index (χ2n) is 5.44. The number of nitrogens with zero attached hydrogens (tertiary/aromatic N) is 2. The fraction of sp³-hybridized carbons (Fsp3) is 0.312. The van der Waals surface area contributed by atoms with Gasteiger partial charge in [-0.2, -0.15) is 0 Å². The smallest absolute Gasteiger partial charge is 0.315 e. The lowest BCUT2D eigenvalue weighted by Crippen LogP contribution is -2.54. The number of piperidine rings is 1. The summed E-state index contributed by atoms with van der Waals surface area (Å²) in [6, 6.07) is 5.06. The number of urea groups is 1. The van der Waals surface area contributed by atoms with Crippen LogP contribution in [0, 0.1) is 5.82 Å². The number of hydrogen-bond acceptors (Lipinski definition) is 4. The number of halogens is 1. The van der Waals surface area contributed by atoms with Gasteiger partial charge >= 0.3 is 6.03 Å². The van der Waals surface area contributed by atoms with Crippen LogP contribution in [0.2, 0.25) is 0 Å². The number of rotatable bonds is 4. The maximum atomic E-state index is 13.9. The molecule has 24 heavy (non-hydrogen) atoms. The monoisotopic (exact) mass is 348 g/mol. The van der Waals surface area contributed by atoms with Crippen molar-refractivity contribution in [2.24, 2.45) is 0 Å². The van der Waals surface area contributed by atoms with Crippen LogP contribution in [-0.4, -0.2) is 29.5 Å². The average Bonchev–Trinajstić information content (AvgIpc) is 3.09. The summed E-state index contributed by atoms with van der Waals surface area (Å²) in [5.74, 6) is -0.741. The summed E-state index contributed by atoms with van der Waals surface area (Å²) in [7, 11) is 0. The first-order valence-corrected chi connectivity index (χ1v) is 8.57. The van der Waals surface area contributed by atoms with E-state index in [0.29, 0.717) is 25.9 Å². The van der Waals surface area contributed by atoms with Gasteiger partial charge in [-0.05, 0) is 25.0 Å². The quantitative estimate of drug-likeness (QED) is 0.890. The molecule has 3 amide bonds. The molecule has 6 nitrogen and oxygen atoms in total. The first-order valence-electron chi connectivity index (χ1n) is 7.62. The molecule has 8 heteroatoms. The number of thiazole rings is 1. The van der Waals surface area contributed by atoms with Crippen molar-refractivity contribution in [2.45, 2.75) is 25.4 Å². The molecule has 1 aromatic carbocycles. The van der Waals surface area contributed by atoms with E-state index in [0.717, 1.165) is 5.69 Å². The third-order valence-corrected chi connectivity index (χ3v) is 4.44. The van der Waals surface area contributed by atoms with E-state index >= 15 is 0 Å². The highest BCUT2D eigenvalue weighted by molar-refractivity contribution is 7.07. The molecule has 0 spiro atoms. The van der Waals surface area contributed by atoms with Crippen molar-refractivity contribution in [3.05, 3.63) is 46.7 Å². The van der Waals surface area contributed by atoms with Crippen LogP contribution in [-0.2, 0) is 11.3 Å². The molecule has 2 N–H and O–H groups in total. The summed E-state index contributed by atoms with van der Waals surface area (Å²) < 4.78 is 13.9. The number of hydrogen-bond donors (Lipinski definition) is 2. The standard InChI is InChI=1S/C16H17FN4O2S/c17-12-4-1-2-6-14(12)21-7-3-5-13(15(21)22)20-16(23)18-8-11-9-24-10-19-11/h1-2,4,6,9-10,13H,3,5,7-8H2,(H2,18,20,23). The molecular weight excluding hydrogens is 331 g/mol. The van der Waals surface area contributed by atoms with Crippen molar-refractivity contribution in [1.29, 1.82) is 0 Å². The molecule has 126 valence electrons. The van der Waals surface area contributed by atoms with E-state index in [2.05, 4.69) is 15.6 Å². The molecule has 1 atom stereocenters. The van der Waals surface area contributed by atoms with Gasteiger partial charge in [-0.15, -0.1) is 11.3 Å². The zero-order valence-electron chi connectivity index (χ0n) is 12.9. The highest BCUT2D eigenvalue weighted by Gasteiger charge is 2.31. The first kappa shape index (κ1) is 16.4. The number of amides is 3. The molecule has 3 rings (SSSR count). The number of aromatic nitrogens is 1. The minimum absolute atomic E-state index is 0.247. The fourth-order valence-electron chi connectivity index (χ4n) is 2.62. The molecule has 2 aromatic rings. The van der Waals surface area contributed by atoms with Crippen LogP contribution in [0.5, 0.6) is 0 Å². The van der Waals surface area contributed by atoms with Gasteiger partial charge in [0.1, 0.15) is 11.9 Å². The highest BCUT2D eigenvalue weighted by Crippen LogP contribution is 2.23. The molecule has 1 aliphatic heterocycles. The molecule has 1 aliphatic rings. The Morgan fingerprint density at radius 1 is 1.42 bits per heavy atom. The third kappa shape index (κ3) is 3.70. The van der Waals surface area contributed by atoms with Crippen molar-refractivity contribution >= 4 is 29.0 Å². The number of para-hydroxylation sites is 1. The van der Waals surface area contributed by atoms with Crippen molar-refractivity contribution in [1.82, 2.24) is 15.6 Å².